The molecular formula is C20H19Cl2N3OS. The summed E-state index contributed by atoms with van der Waals surface area (Å²) in [6.45, 7) is 0.454. The number of nitrogens with one attached hydrogen (secondary N) is 1. The molecule has 3 rings (SSSR count). The van der Waals surface area contributed by atoms with E-state index in [0.717, 1.165) is 28.3 Å². The zero-order chi connectivity index (χ0) is 19.4. The van der Waals surface area contributed by atoms with Crippen LogP contribution in [0.2, 0.25) is 0 Å². The van der Waals surface area contributed by atoms with Crippen LogP contribution in [0.1, 0.15) is 17.5 Å². The van der Waals surface area contributed by atoms with Gasteiger partial charge >= 0.3 is 6.03 Å². The van der Waals surface area contributed by atoms with Crippen LogP contribution in [0.25, 0.3) is 0 Å². The summed E-state index contributed by atoms with van der Waals surface area (Å²) in [5.74, 6) is 1.11. The molecule has 0 radical (unpaired) electrons. The largest absolute Gasteiger partial charge is 0.323 e. The second kappa shape index (κ2) is 8.43. The van der Waals surface area contributed by atoms with Crippen LogP contribution in [0.4, 0.5) is 10.5 Å². The number of urea groups is 1. The Morgan fingerprint density at radius 2 is 1.96 bits per heavy atom. The molecule has 0 bridgehead atoms. The summed E-state index contributed by atoms with van der Waals surface area (Å²) in [5.41, 5.74) is 2.34. The number of carbonyl (C=O) groups is 1. The van der Waals surface area contributed by atoms with E-state index in [-0.39, 0.29) is 11.9 Å². The van der Waals surface area contributed by atoms with Crippen molar-refractivity contribution in [2.75, 3.05) is 18.1 Å². The summed E-state index contributed by atoms with van der Waals surface area (Å²) >= 11 is 13.8. The van der Waals surface area contributed by atoms with Gasteiger partial charge < -0.3 is 10.2 Å². The van der Waals surface area contributed by atoms with Gasteiger partial charge in [-0.2, -0.15) is 5.26 Å². The maximum Gasteiger partial charge on any atom is 0.321 e. The first-order valence-corrected chi connectivity index (χ1v) is 10.2. The standard InChI is InChI=1S/C20H19Cl2N3OS/c1-25(12-15-8-6-14(11-23)7-9-15)19(26)24-17-4-2-3-5-18(17)27-13-16-10-20(16,21)22/h2-9,16H,10,12-13H2,1H3,(H,24,26). The fourth-order valence-electron chi connectivity index (χ4n) is 2.58. The minimum Gasteiger partial charge on any atom is -0.323 e. The van der Waals surface area contributed by atoms with Crippen LogP contribution in [0.15, 0.2) is 53.4 Å². The van der Waals surface area contributed by atoms with Crippen molar-refractivity contribution >= 4 is 46.7 Å². The van der Waals surface area contributed by atoms with Gasteiger partial charge in [0, 0.05) is 30.2 Å². The Bertz CT molecular complexity index is 864. The third-order valence-electron chi connectivity index (χ3n) is 4.37. The molecule has 0 heterocycles. The molecule has 1 aliphatic carbocycles. The fourth-order valence-corrected chi connectivity index (χ4v) is 4.52. The Balaban J connectivity index is 1.58. The van der Waals surface area contributed by atoms with Crippen molar-refractivity contribution in [3.05, 3.63) is 59.7 Å². The van der Waals surface area contributed by atoms with E-state index in [1.807, 2.05) is 36.4 Å². The van der Waals surface area contributed by atoms with Crippen molar-refractivity contribution in [3.8, 4) is 6.07 Å². The van der Waals surface area contributed by atoms with Crippen LogP contribution >= 0.6 is 35.0 Å². The normalized spacial score (nSPS) is 17.0. The van der Waals surface area contributed by atoms with Crippen LogP contribution in [0, 0.1) is 17.2 Å². The number of thioether (sulfide) groups is 1. The maximum absolute atomic E-state index is 12.6. The smallest absolute Gasteiger partial charge is 0.321 e. The number of benzene rings is 2. The molecule has 27 heavy (non-hydrogen) atoms. The Labute approximate surface area is 173 Å². The predicted molar refractivity (Wildman–Crippen MR) is 111 cm³/mol. The van der Waals surface area contributed by atoms with Gasteiger partial charge in [-0.3, -0.25) is 0 Å². The minimum atomic E-state index is -0.591. The Kier molecular flexibility index (Phi) is 6.21. The first-order valence-electron chi connectivity index (χ1n) is 8.50. The number of para-hydroxylation sites is 1. The molecule has 1 saturated carbocycles. The van der Waals surface area contributed by atoms with Gasteiger partial charge in [0.25, 0.3) is 0 Å². The number of anilines is 1. The van der Waals surface area contributed by atoms with E-state index >= 15 is 0 Å². The predicted octanol–water partition coefficient (Wildman–Crippen LogP) is 5.51. The molecule has 0 saturated heterocycles. The summed E-state index contributed by atoms with van der Waals surface area (Å²) in [5, 5.41) is 11.8. The minimum absolute atomic E-state index is 0.192. The third-order valence-corrected chi connectivity index (χ3v) is 6.54. The number of carbonyl (C=O) groups excluding carboxylic acids is 1. The molecule has 1 unspecified atom stereocenters. The first kappa shape index (κ1) is 19.9. The van der Waals surface area contributed by atoms with Crippen LogP contribution < -0.4 is 5.32 Å². The van der Waals surface area contributed by atoms with Crippen molar-refractivity contribution in [1.29, 1.82) is 5.26 Å². The van der Waals surface area contributed by atoms with Gasteiger partial charge in [0.2, 0.25) is 0 Å². The van der Waals surface area contributed by atoms with E-state index in [9.17, 15) is 4.79 Å². The van der Waals surface area contributed by atoms with Crippen molar-refractivity contribution in [2.24, 2.45) is 5.92 Å². The molecule has 0 aromatic heterocycles. The van der Waals surface area contributed by atoms with Crippen LogP contribution in [0.5, 0.6) is 0 Å². The number of amides is 2. The number of rotatable bonds is 6. The summed E-state index contributed by atoms with van der Waals surface area (Å²) in [7, 11) is 1.74. The molecule has 2 aromatic carbocycles. The number of hydrogen-bond donors (Lipinski definition) is 1. The van der Waals surface area contributed by atoms with E-state index in [2.05, 4.69) is 11.4 Å². The molecule has 2 aromatic rings. The highest BCUT2D eigenvalue weighted by molar-refractivity contribution is 7.99. The topological polar surface area (TPSA) is 56.1 Å². The quantitative estimate of drug-likeness (QED) is 0.495. The molecule has 140 valence electrons. The number of nitrogens with zero attached hydrogens (tertiary/aromatic N) is 2. The third kappa shape index (κ3) is 5.32. The van der Waals surface area contributed by atoms with Gasteiger partial charge in [-0.25, -0.2) is 4.79 Å². The molecule has 7 heteroatoms. The lowest BCUT2D eigenvalue weighted by molar-refractivity contribution is 0.220. The molecule has 1 fully saturated rings. The zero-order valence-corrected chi connectivity index (χ0v) is 17.1. The van der Waals surface area contributed by atoms with Crippen LogP contribution in [0.3, 0.4) is 0 Å². The second-order valence-electron chi connectivity index (χ2n) is 6.56. The number of halogens is 2. The average molecular weight is 420 g/mol. The van der Waals surface area contributed by atoms with Crippen molar-refractivity contribution < 1.29 is 4.79 Å². The maximum atomic E-state index is 12.6. The van der Waals surface area contributed by atoms with Gasteiger partial charge in [-0.05, 0) is 36.2 Å². The van der Waals surface area contributed by atoms with E-state index in [0.29, 0.717) is 12.1 Å². The van der Waals surface area contributed by atoms with Crippen molar-refractivity contribution in [3.63, 3.8) is 0 Å². The van der Waals surface area contributed by atoms with Gasteiger partial charge in [0.15, 0.2) is 0 Å². The van der Waals surface area contributed by atoms with E-state index in [4.69, 9.17) is 28.5 Å². The zero-order valence-electron chi connectivity index (χ0n) is 14.8. The molecule has 0 aliphatic heterocycles. The van der Waals surface area contributed by atoms with Crippen molar-refractivity contribution in [2.45, 2.75) is 22.2 Å². The molecule has 4 nitrogen and oxygen atoms in total. The van der Waals surface area contributed by atoms with Gasteiger partial charge in [0.05, 0.1) is 17.3 Å². The van der Waals surface area contributed by atoms with Gasteiger partial charge in [-0.1, -0.05) is 24.3 Å². The highest BCUT2D eigenvalue weighted by Crippen LogP contribution is 2.55. The van der Waals surface area contributed by atoms with E-state index < -0.39 is 4.33 Å². The Hall–Kier alpha value is -1.87. The average Bonchev–Trinajstić information content (AvgIpc) is 3.28. The van der Waals surface area contributed by atoms with E-state index in [1.54, 1.807) is 35.8 Å². The summed E-state index contributed by atoms with van der Waals surface area (Å²) < 4.78 is -0.591. The molecule has 2 amide bonds. The Morgan fingerprint density at radius 3 is 2.59 bits per heavy atom. The number of alkyl halides is 2. The number of hydrogen-bond acceptors (Lipinski definition) is 3. The Morgan fingerprint density at radius 1 is 1.30 bits per heavy atom. The highest BCUT2D eigenvalue weighted by atomic mass is 35.5. The summed E-state index contributed by atoms with van der Waals surface area (Å²) in [6.07, 6.45) is 0.810. The lowest BCUT2D eigenvalue weighted by Gasteiger charge is -2.19. The number of nitriles is 1. The summed E-state index contributed by atoms with van der Waals surface area (Å²) in [6, 6.07) is 16.8. The first-order chi connectivity index (χ1) is 12.9. The van der Waals surface area contributed by atoms with Crippen LogP contribution in [-0.2, 0) is 6.54 Å². The van der Waals surface area contributed by atoms with Crippen LogP contribution in [-0.4, -0.2) is 28.1 Å². The molecule has 1 aliphatic rings. The lowest BCUT2D eigenvalue weighted by atomic mass is 10.1. The monoisotopic (exact) mass is 419 g/mol. The van der Waals surface area contributed by atoms with Gasteiger partial charge in [0.1, 0.15) is 4.33 Å². The molecule has 1 atom stereocenters. The SMILES string of the molecule is CN(Cc1ccc(C#N)cc1)C(=O)Nc1ccccc1SCC1CC1(Cl)Cl. The molecule has 0 spiro atoms. The van der Waals surface area contributed by atoms with Crippen molar-refractivity contribution in [1.82, 2.24) is 4.90 Å². The van der Waals surface area contributed by atoms with E-state index in [1.165, 1.54) is 0 Å². The highest BCUT2D eigenvalue weighted by Gasteiger charge is 2.51. The molecule has 1 N–H and O–H groups in total. The second-order valence-corrected chi connectivity index (χ2v) is 9.17. The fraction of sp³-hybridized carbons (Fsp3) is 0.300. The lowest BCUT2D eigenvalue weighted by Crippen LogP contribution is -2.31. The van der Waals surface area contributed by atoms with Gasteiger partial charge in [-0.15, -0.1) is 35.0 Å². The molecular weight excluding hydrogens is 401 g/mol. The summed E-state index contributed by atoms with van der Waals surface area (Å²) in [4.78, 5) is 15.2.